The van der Waals surface area contributed by atoms with Crippen molar-refractivity contribution in [2.45, 2.75) is 13.5 Å². The molecule has 0 fully saturated rings. The van der Waals surface area contributed by atoms with Crippen molar-refractivity contribution < 1.29 is 4.74 Å². The number of ether oxygens (including phenoxy) is 1. The highest BCUT2D eigenvalue weighted by molar-refractivity contribution is 6.31. The van der Waals surface area contributed by atoms with Crippen LogP contribution >= 0.6 is 11.6 Å². The first-order valence-corrected chi connectivity index (χ1v) is 5.79. The van der Waals surface area contributed by atoms with Crippen LogP contribution in [0.25, 0.3) is 0 Å². The molecule has 2 heterocycles. The zero-order valence-corrected chi connectivity index (χ0v) is 10.9. The van der Waals surface area contributed by atoms with Gasteiger partial charge in [-0.05, 0) is 18.6 Å². The zero-order chi connectivity index (χ0) is 13.0. The number of pyridine rings is 1. The molecule has 6 heteroatoms. The summed E-state index contributed by atoms with van der Waals surface area (Å²) in [5.41, 5.74) is 2.07. The quantitative estimate of drug-likeness (QED) is 0.860. The van der Waals surface area contributed by atoms with Crippen LogP contribution in [0.2, 0.25) is 5.15 Å². The molecule has 18 heavy (non-hydrogen) atoms. The molecule has 0 saturated carbocycles. The highest BCUT2D eigenvalue weighted by atomic mass is 35.5. The molecule has 2 aromatic heterocycles. The molecule has 0 aromatic carbocycles. The highest BCUT2D eigenvalue weighted by Crippen LogP contribution is 2.28. The van der Waals surface area contributed by atoms with Crippen LogP contribution in [0, 0.1) is 6.92 Å². The Balaban J connectivity index is 2.16. The maximum atomic E-state index is 5.91. The van der Waals surface area contributed by atoms with Crippen molar-refractivity contribution in [3.63, 3.8) is 0 Å². The molecule has 2 rings (SSSR count). The number of methoxy groups -OCH3 is 1. The summed E-state index contributed by atoms with van der Waals surface area (Å²) in [6.45, 7) is 2.56. The second-order valence-corrected chi connectivity index (χ2v) is 4.02. The van der Waals surface area contributed by atoms with Crippen molar-refractivity contribution in [2.24, 2.45) is 0 Å². The average molecular weight is 265 g/mol. The maximum absolute atomic E-state index is 5.91. The lowest BCUT2D eigenvalue weighted by atomic mass is 10.2. The molecule has 94 valence electrons. The Hall–Kier alpha value is -1.88. The molecule has 0 aliphatic carbocycles. The third-order valence-electron chi connectivity index (χ3n) is 2.51. The molecule has 0 saturated heterocycles. The lowest BCUT2D eigenvalue weighted by molar-refractivity contribution is 0.413. The second kappa shape index (κ2) is 5.64. The predicted molar refractivity (Wildman–Crippen MR) is 69.9 cm³/mol. The number of nitrogens with one attached hydrogen (secondary N) is 1. The Kier molecular flexibility index (Phi) is 3.94. The summed E-state index contributed by atoms with van der Waals surface area (Å²) in [6.07, 6.45) is 3.15. The van der Waals surface area contributed by atoms with Gasteiger partial charge in [-0.25, -0.2) is 9.97 Å². The Labute approximate surface area is 110 Å². The van der Waals surface area contributed by atoms with E-state index in [2.05, 4.69) is 20.3 Å². The van der Waals surface area contributed by atoms with Crippen LogP contribution in [0.15, 0.2) is 24.7 Å². The van der Waals surface area contributed by atoms with Crippen LogP contribution < -0.4 is 10.1 Å². The number of anilines is 1. The first kappa shape index (κ1) is 12.6. The molecule has 0 bridgehead atoms. The van der Waals surface area contributed by atoms with Gasteiger partial charge >= 0.3 is 0 Å². The van der Waals surface area contributed by atoms with Gasteiger partial charge in [0, 0.05) is 6.20 Å². The van der Waals surface area contributed by atoms with Gasteiger partial charge in [0.1, 0.15) is 6.33 Å². The minimum Gasteiger partial charge on any atom is -0.490 e. The SMILES string of the molecule is COc1c(Cl)ncnc1NCc1ncccc1C. The lowest BCUT2D eigenvalue weighted by Gasteiger charge is -2.11. The van der Waals surface area contributed by atoms with Crippen LogP contribution in [0.1, 0.15) is 11.3 Å². The summed E-state index contributed by atoms with van der Waals surface area (Å²) in [6, 6.07) is 3.91. The number of hydrogen-bond donors (Lipinski definition) is 1. The van der Waals surface area contributed by atoms with Gasteiger partial charge in [-0.3, -0.25) is 4.98 Å². The molecular formula is C12H13ClN4O. The Morgan fingerprint density at radius 3 is 2.89 bits per heavy atom. The normalized spacial score (nSPS) is 10.2. The highest BCUT2D eigenvalue weighted by Gasteiger charge is 2.10. The van der Waals surface area contributed by atoms with Crippen molar-refractivity contribution in [1.29, 1.82) is 0 Å². The monoisotopic (exact) mass is 264 g/mol. The van der Waals surface area contributed by atoms with Gasteiger partial charge in [0.05, 0.1) is 19.3 Å². The van der Waals surface area contributed by atoms with Gasteiger partial charge in [0.25, 0.3) is 0 Å². The predicted octanol–water partition coefficient (Wildman–Crippen LogP) is 2.45. The molecule has 0 amide bonds. The van der Waals surface area contributed by atoms with E-state index in [1.165, 1.54) is 13.4 Å². The molecule has 0 aliphatic heterocycles. The molecule has 2 aromatic rings. The van der Waals surface area contributed by atoms with Crippen molar-refractivity contribution in [2.75, 3.05) is 12.4 Å². The van der Waals surface area contributed by atoms with Crippen LogP contribution in [0.4, 0.5) is 5.82 Å². The van der Waals surface area contributed by atoms with E-state index in [9.17, 15) is 0 Å². The van der Waals surface area contributed by atoms with Crippen molar-refractivity contribution in [3.8, 4) is 5.75 Å². The second-order valence-electron chi connectivity index (χ2n) is 3.67. The summed E-state index contributed by atoms with van der Waals surface area (Å²) >= 11 is 5.91. The minimum atomic E-state index is 0.285. The van der Waals surface area contributed by atoms with E-state index >= 15 is 0 Å². The number of rotatable bonds is 4. The fraction of sp³-hybridized carbons (Fsp3) is 0.250. The van der Waals surface area contributed by atoms with Gasteiger partial charge in [-0.1, -0.05) is 17.7 Å². The van der Waals surface area contributed by atoms with Gasteiger partial charge in [0.15, 0.2) is 16.7 Å². The molecule has 1 N–H and O–H groups in total. The molecular weight excluding hydrogens is 252 g/mol. The van der Waals surface area contributed by atoms with Crippen LogP contribution in [0.3, 0.4) is 0 Å². The molecule has 0 aliphatic rings. The average Bonchev–Trinajstić information content (AvgIpc) is 2.38. The summed E-state index contributed by atoms with van der Waals surface area (Å²) in [5.74, 6) is 0.996. The van der Waals surface area contributed by atoms with Gasteiger partial charge in [-0.2, -0.15) is 0 Å². The summed E-state index contributed by atoms with van der Waals surface area (Å²) in [4.78, 5) is 12.2. The Morgan fingerprint density at radius 2 is 2.17 bits per heavy atom. The van der Waals surface area contributed by atoms with Crippen LogP contribution in [0.5, 0.6) is 5.75 Å². The number of aromatic nitrogens is 3. The topological polar surface area (TPSA) is 59.9 Å². The Bertz CT molecular complexity index is 547. The summed E-state index contributed by atoms with van der Waals surface area (Å²) in [5, 5.41) is 3.42. The fourth-order valence-electron chi connectivity index (χ4n) is 1.53. The largest absolute Gasteiger partial charge is 0.490 e. The van der Waals surface area contributed by atoms with Gasteiger partial charge in [0.2, 0.25) is 0 Å². The van der Waals surface area contributed by atoms with Gasteiger partial charge in [-0.15, -0.1) is 0 Å². The third kappa shape index (κ3) is 2.68. The van der Waals surface area contributed by atoms with E-state index in [1.54, 1.807) is 6.20 Å². The van der Waals surface area contributed by atoms with Crippen molar-refractivity contribution >= 4 is 17.4 Å². The molecule has 0 atom stereocenters. The molecule has 0 radical (unpaired) electrons. The molecule has 5 nitrogen and oxygen atoms in total. The van der Waals surface area contributed by atoms with E-state index in [-0.39, 0.29) is 5.15 Å². The number of nitrogens with zero attached hydrogens (tertiary/aromatic N) is 3. The van der Waals surface area contributed by atoms with Crippen LogP contribution in [-0.4, -0.2) is 22.1 Å². The first-order chi connectivity index (χ1) is 8.72. The van der Waals surface area contributed by atoms with Gasteiger partial charge < -0.3 is 10.1 Å². The number of aryl methyl sites for hydroxylation is 1. The maximum Gasteiger partial charge on any atom is 0.198 e. The van der Waals surface area contributed by atoms with E-state index in [0.29, 0.717) is 18.1 Å². The van der Waals surface area contributed by atoms with Crippen LogP contribution in [-0.2, 0) is 6.54 Å². The van der Waals surface area contributed by atoms with Crippen molar-refractivity contribution in [1.82, 2.24) is 15.0 Å². The van der Waals surface area contributed by atoms with E-state index in [1.807, 2.05) is 19.1 Å². The summed E-state index contributed by atoms with van der Waals surface area (Å²) in [7, 11) is 1.53. The lowest BCUT2D eigenvalue weighted by Crippen LogP contribution is -2.06. The standard InChI is InChI=1S/C12H13ClN4O/c1-8-4-3-5-14-9(8)6-15-12-10(18-2)11(13)16-7-17-12/h3-5,7H,6H2,1-2H3,(H,15,16,17). The first-order valence-electron chi connectivity index (χ1n) is 5.41. The minimum absolute atomic E-state index is 0.285. The number of halogens is 1. The van der Waals surface area contributed by atoms with E-state index in [0.717, 1.165) is 11.3 Å². The Morgan fingerprint density at radius 1 is 1.33 bits per heavy atom. The molecule has 0 unspecified atom stereocenters. The third-order valence-corrected chi connectivity index (χ3v) is 2.77. The fourth-order valence-corrected chi connectivity index (χ4v) is 1.74. The van der Waals surface area contributed by atoms with Crippen molar-refractivity contribution in [3.05, 3.63) is 41.1 Å². The van der Waals surface area contributed by atoms with E-state index in [4.69, 9.17) is 16.3 Å². The smallest absolute Gasteiger partial charge is 0.198 e. The molecule has 0 spiro atoms. The van der Waals surface area contributed by atoms with E-state index < -0.39 is 0 Å². The summed E-state index contributed by atoms with van der Waals surface area (Å²) < 4.78 is 5.15. The zero-order valence-electron chi connectivity index (χ0n) is 10.1. The number of hydrogen-bond acceptors (Lipinski definition) is 5.